The first-order valence-electron chi connectivity index (χ1n) is 7.08. The highest BCUT2D eigenvalue weighted by molar-refractivity contribution is 5.81. The number of hydrogen-bond acceptors (Lipinski definition) is 2. The monoisotopic (exact) mass is 277 g/mol. The molecule has 0 radical (unpaired) electrons. The van der Waals surface area contributed by atoms with E-state index in [0.29, 0.717) is 0 Å². The third-order valence-electron chi connectivity index (χ3n) is 2.88. The Morgan fingerprint density at radius 1 is 1.15 bits per heavy atom. The van der Waals surface area contributed by atoms with E-state index in [2.05, 4.69) is 32.2 Å². The third-order valence-corrected chi connectivity index (χ3v) is 2.88. The minimum absolute atomic E-state index is 0.0658. The van der Waals surface area contributed by atoms with Crippen molar-refractivity contribution in [1.82, 2.24) is 5.32 Å². The Morgan fingerprint density at radius 3 is 2.25 bits per heavy atom. The van der Waals surface area contributed by atoms with Crippen molar-refractivity contribution in [3.8, 4) is 5.75 Å². The molecule has 112 valence electrons. The van der Waals surface area contributed by atoms with Gasteiger partial charge in [-0.05, 0) is 50.8 Å². The van der Waals surface area contributed by atoms with Crippen LogP contribution < -0.4 is 10.1 Å². The first-order valence-corrected chi connectivity index (χ1v) is 7.08. The normalized spacial score (nSPS) is 13.8. The van der Waals surface area contributed by atoms with Gasteiger partial charge in [0.2, 0.25) is 0 Å². The lowest BCUT2D eigenvalue weighted by Gasteiger charge is -2.24. The van der Waals surface area contributed by atoms with E-state index in [1.54, 1.807) is 6.92 Å². The summed E-state index contributed by atoms with van der Waals surface area (Å²) in [5, 5.41) is 2.92. The highest BCUT2D eigenvalue weighted by atomic mass is 16.5. The van der Waals surface area contributed by atoms with Gasteiger partial charge in [-0.25, -0.2) is 0 Å². The summed E-state index contributed by atoms with van der Waals surface area (Å²) in [6, 6.07) is 7.92. The van der Waals surface area contributed by atoms with Gasteiger partial charge in [0, 0.05) is 5.54 Å². The van der Waals surface area contributed by atoms with E-state index in [-0.39, 0.29) is 16.9 Å². The van der Waals surface area contributed by atoms with Crippen LogP contribution in [0.5, 0.6) is 5.75 Å². The lowest BCUT2D eigenvalue weighted by atomic mass is 9.87. The van der Waals surface area contributed by atoms with Crippen molar-refractivity contribution in [3.63, 3.8) is 0 Å². The van der Waals surface area contributed by atoms with Crippen LogP contribution in [0, 0.1) is 0 Å². The number of rotatable bonds is 3. The third kappa shape index (κ3) is 5.24. The maximum absolute atomic E-state index is 12.0. The molecule has 0 aliphatic heterocycles. The Hall–Kier alpha value is -1.51. The van der Waals surface area contributed by atoms with Crippen LogP contribution in [0.25, 0.3) is 0 Å². The van der Waals surface area contributed by atoms with E-state index < -0.39 is 6.10 Å². The molecule has 0 saturated heterocycles. The number of carbonyl (C=O) groups is 1. The molecule has 0 aliphatic carbocycles. The Balaban J connectivity index is 2.76. The summed E-state index contributed by atoms with van der Waals surface area (Å²) < 4.78 is 5.75. The molecule has 3 heteroatoms. The molecule has 3 nitrogen and oxygen atoms in total. The number of amides is 1. The van der Waals surface area contributed by atoms with Gasteiger partial charge in [0.15, 0.2) is 6.10 Å². The smallest absolute Gasteiger partial charge is 0.261 e. The minimum atomic E-state index is -0.510. The van der Waals surface area contributed by atoms with Gasteiger partial charge in [0.25, 0.3) is 5.91 Å². The lowest BCUT2D eigenvalue weighted by molar-refractivity contribution is -0.128. The number of hydrogen-bond donors (Lipinski definition) is 1. The molecule has 0 aliphatic rings. The van der Waals surface area contributed by atoms with Gasteiger partial charge < -0.3 is 10.1 Å². The molecule has 0 aromatic heterocycles. The average Bonchev–Trinajstić information content (AvgIpc) is 2.25. The quantitative estimate of drug-likeness (QED) is 0.915. The standard InChI is InChI=1S/C17H27NO2/c1-12(15(19)18-17(5,6)7)20-14-10-8-9-13(11-14)16(2,3)4/h8-12H,1-7H3,(H,18,19). The highest BCUT2D eigenvalue weighted by Gasteiger charge is 2.21. The fourth-order valence-corrected chi connectivity index (χ4v) is 1.76. The van der Waals surface area contributed by atoms with Crippen LogP contribution in [-0.4, -0.2) is 17.6 Å². The van der Waals surface area contributed by atoms with Crippen molar-refractivity contribution < 1.29 is 9.53 Å². The van der Waals surface area contributed by atoms with Gasteiger partial charge in [-0.1, -0.05) is 32.9 Å². The number of benzene rings is 1. The molecule has 0 heterocycles. The Labute approximate surface area is 122 Å². The second kappa shape index (κ2) is 5.86. The summed E-state index contributed by atoms with van der Waals surface area (Å²) in [4.78, 5) is 12.0. The molecular formula is C17H27NO2. The van der Waals surface area contributed by atoms with Gasteiger partial charge >= 0.3 is 0 Å². The largest absolute Gasteiger partial charge is 0.481 e. The molecule has 1 unspecified atom stereocenters. The van der Waals surface area contributed by atoms with E-state index >= 15 is 0 Å². The molecule has 0 spiro atoms. The van der Waals surface area contributed by atoms with E-state index in [1.165, 1.54) is 5.56 Å². The number of carbonyl (C=O) groups excluding carboxylic acids is 1. The molecule has 0 saturated carbocycles. The zero-order chi connectivity index (χ0) is 15.6. The van der Waals surface area contributed by atoms with Crippen molar-refractivity contribution in [2.75, 3.05) is 0 Å². The zero-order valence-electron chi connectivity index (χ0n) is 13.7. The zero-order valence-corrected chi connectivity index (χ0v) is 13.7. The molecule has 1 rings (SSSR count). The summed E-state index contributed by atoms with van der Waals surface area (Å²) >= 11 is 0. The topological polar surface area (TPSA) is 38.3 Å². The molecule has 1 amide bonds. The SMILES string of the molecule is CC(Oc1cccc(C(C)(C)C)c1)C(=O)NC(C)(C)C. The van der Waals surface area contributed by atoms with Crippen molar-refractivity contribution in [2.45, 2.75) is 65.5 Å². The molecule has 1 aromatic carbocycles. The van der Waals surface area contributed by atoms with Crippen LogP contribution in [0.4, 0.5) is 0 Å². The molecule has 1 aromatic rings. The maximum atomic E-state index is 12.0. The van der Waals surface area contributed by atoms with E-state index in [1.807, 2.05) is 39.0 Å². The molecule has 1 N–H and O–H groups in total. The predicted octanol–water partition coefficient (Wildman–Crippen LogP) is 3.67. The van der Waals surface area contributed by atoms with Crippen LogP contribution in [0.2, 0.25) is 0 Å². The molecule has 0 fully saturated rings. The summed E-state index contributed by atoms with van der Waals surface area (Å²) in [6.07, 6.45) is -0.510. The van der Waals surface area contributed by atoms with Gasteiger partial charge in [-0.3, -0.25) is 4.79 Å². The lowest BCUT2D eigenvalue weighted by Crippen LogP contribution is -2.46. The second-order valence-corrected chi connectivity index (χ2v) is 7.28. The van der Waals surface area contributed by atoms with Gasteiger partial charge in [0.05, 0.1) is 0 Å². The van der Waals surface area contributed by atoms with Crippen LogP contribution in [0.3, 0.4) is 0 Å². The summed E-state index contributed by atoms with van der Waals surface area (Å²) in [5.41, 5.74) is 1.01. The fourth-order valence-electron chi connectivity index (χ4n) is 1.76. The average molecular weight is 277 g/mol. The Kier molecular flexibility index (Phi) is 4.85. The highest BCUT2D eigenvalue weighted by Crippen LogP contribution is 2.26. The van der Waals surface area contributed by atoms with Gasteiger partial charge in [-0.15, -0.1) is 0 Å². The Morgan fingerprint density at radius 2 is 1.75 bits per heavy atom. The number of ether oxygens (including phenoxy) is 1. The van der Waals surface area contributed by atoms with E-state index in [4.69, 9.17) is 4.74 Å². The van der Waals surface area contributed by atoms with Gasteiger partial charge in [-0.2, -0.15) is 0 Å². The van der Waals surface area contributed by atoms with Crippen molar-refractivity contribution in [1.29, 1.82) is 0 Å². The molecule has 1 atom stereocenters. The Bertz CT molecular complexity index is 467. The van der Waals surface area contributed by atoms with Crippen LogP contribution in [0.15, 0.2) is 24.3 Å². The van der Waals surface area contributed by atoms with Crippen molar-refractivity contribution >= 4 is 5.91 Å². The molecule has 20 heavy (non-hydrogen) atoms. The summed E-state index contributed by atoms with van der Waals surface area (Å²) in [6.45, 7) is 14.1. The van der Waals surface area contributed by atoms with Crippen molar-refractivity contribution in [2.24, 2.45) is 0 Å². The second-order valence-electron chi connectivity index (χ2n) is 7.28. The van der Waals surface area contributed by atoms with Gasteiger partial charge in [0.1, 0.15) is 5.75 Å². The maximum Gasteiger partial charge on any atom is 0.261 e. The molecule has 0 bridgehead atoms. The predicted molar refractivity (Wildman–Crippen MR) is 83.1 cm³/mol. The summed E-state index contributed by atoms with van der Waals surface area (Å²) in [7, 11) is 0. The first kappa shape index (κ1) is 16.5. The minimum Gasteiger partial charge on any atom is -0.481 e. The van der Waals surface area contributed by atoms with Crippen LogP contribution in [0.1, 0.15) is 54.0 Å². The van der Waals surface area contributed by atoms with Crippen molar-refractivity contribution in [3.05, 3.63) is 29.8 Å². The van der Waals surface area contributed by atoms with E-state index in [0.717, 1.165) is 5.75 Å². The van der Waals surface area contributed by atoms with E-state index in [9.17, 15) is 4.79 Å². The number of nitrogens with one attached hydrogen (secondary N) is 1. The molecular weight excluding hydrogens is 250 g/mol. The fraction of sp³-hybridized carbons (Fsp3) is 0.588. The first-order chi connectivity index (χ1) is 8.99. The summed E-state index contributed by atoms with van der Waals surface area (Å²) in [5.74, 6) is 0.632. The van der Waals surface area contributed by atoms with Crippen LogP contribution >= 0.6 is 0 Å². The van der Waals surface area contributed by atoms with Crippen LogP contribution in [-0.2, 0) is 10.2 Å².